The van der Waals surface area contributed by atoms with Gasteiger partial charge < -0.3 is 21.5 Å². The van der Waals surface area contributed by atoms with Crippen LogP contribution in [0.4, 0.5) is 11.4 Å². The number of rotatable bonds is 11. The number of aromatic nitrogens is 1. The van der Waals surface area contributed by atoms with Crippen LogP contribution in [0.2, 0.25) is 0 Å². The maximum Gasteiger partial charge on any atom is 0.273 e. The van der Waals surface area contributed by atoms with Gasteiger partial charge in [0.2, 0.25) is 5.91 Å². The monoisotopic (exact) mass is 523 g/mol. The van der Waals surface area contributed by atoms with E-state index < -0.39 is 17.9 Å². The lowest BCUT2D eigenvalue weighted by Gasteiger charge is -2.32. The lowest BCUT2D eigenvalue weighted by molar-refractivity contribution is -0.122. The predicted octanol–water partition coefficient (Wildman–Crippen LogP) is 3.95. The van der Waals surface area contributed by atoms with Gasteiger partial charge in [-0.25, -0.2) is 0 Å². The molecule has 2 aromatic carbocycles. The first-order valence-corrected chi connectivity index (χ1v) is 12.8. The van der Waals surface area contributed by atoms with Crippen LogP contribution in [0, 0.1) is 5.92 Å². The number of anilines is 2. The molecule has 0 bridgehead atoms. The first kappa shape index (κ1) is 27.7. The number of nitrogen functional groups attached to an aromatic ring is 1. The zero-order chi connectivity index (χ0) is 27.1. The Morgan fingerprint density at radius 3 is 2.35 bits per heavy atom. The molecular weight excluding hydrogens is 490 g/mol. The van der Waals surface area contributed by atoms with Gasteiger partial charge in [0.05, 0.1) is 12.8 Å². The van der Waals surface area contributed by atoms with Gasteiger partial charge in [0.25, 0.3) is 11.8 Å². The number of carbonyl (C=O) groups is 3. The van der Waals surface area contributed by atoms with Crippen molar-refractivity contribution in [2.75, 3.05) is 24.3 Å². The third-order valence-corrected chi connectivity index (χ3v) is 6.82. The van der Waals surface area contributed by atoms with Crippen molar-refractivity contribution in [3.63, 3.8) is 0 Å². The Hall–Kier alpha value is -3.92. The molecule has 3 amide bonds. The van der Waals surface area contributed by atoms with Crippen LogP contribution in [0.25, 0.3) is 0 Å². The number of para-hydroxylation sites is 1. The molecule has 0 aliphatic rings. The molecule has 0 saturated carbocycles. The first-order valence-electron chi connectivity index (χ1n) is 12.1. The highest BCUT2D eigenvalue weighted by Crippen LogP contribution is 2.35. The molecule has 37 heavy (non-hydrogen) atoms. The third-order valence-electron chi connectivity index (χ3n) is 5.97. The highest BCUT2D eigenvalue weighted by Gasteiger charge is 2.36. The summed E-state index contributed by atoms with van der Waals surface area (Å²) in [6.07, 6.45) is 1.40. The van der Waals surface area contributed by atoms with E-state index in [9.17, 15) is 14.4 Å². The number of hydrogen-bond donors (Lipinski definition) is 3. The molecule has 0 fully saturated rings. The standard InChI is InChI=1S/C27H33N5O4S/c1-5-17-8-6-7-9-20(17)32(27(35)24-21(28)22(25(29)33)31-37-24)23(26(34)30-15-14-16(2)3)18-10-12-19(36-4)13-11-18/h6-13,16,23H,5,14-15,28H2,1-4H3,(H2,29,33)(H,30,34)/t23-/m1/s1. The molecule has 3 aromatic rings. The van der Waals surface area contributed by atoms with Crippen molar-refractivity contribution in [1.82, 2.24) is 9.69 Å². The Labute approximate surface area is 221 Å². The van der Waals surface area contributed by atoms with E-state index in [0.717, 1.165) is 23.5 Å². The largest absolute Gasteiger partial charge is 0.497 e. The molecule has 0 radical (unpaired) electrons. The lowest BCUT2D eigenvalue weighted by atomic mass is 10.00. The molecule has 1 aromatic heterocycles. The fourth-order valence-electron chi connectivity index (χ4n) is 3.93. The minimum atomic E-state index is -1.03. The molecule has 1 atom stereocenters. The SMILES string of the molecule is CCc1ccccc1N(C(=O)c1snc(C(N)=O)c1N)[C@@H](C(=O)NCCC(C)C)c1ccc(OC)cc1. The van der Waals surface area contributed by atoms with E-state index in [-0.39, 0.29) is 22.2 Å². The third kappa shape index (κ3) is 6.26. The van der Waals surface area contributed by atoms with Crippen molar-refractivity contribution in [2.45, 2.75) is 39.7 Å². The van der Waals surface area contributed by atoms with E-state index in [0.29, 0.717) is 35.9 Å². The predicted molar refractivity (Wildman–Crippen MR) is 146 cm³/mol. The van der Waals surface area contributed by atoms with Gasteiger partial charge in [-0.1, -0.05) is 51.1 Å². The number of carbonyl (C=O) groups excluding carboxylic acids is 3. The van der Waals surface area contributed by atoms with E-state index >= 15 is 0 Å². The number of nitrogens with two attached hydrogens (primary N) is 2. The second kappa shape index (κ2) is 12.4. The van der Waals surface area contributed by atoms with Crippen LogP contribution in [0.15, 0.2) is 48.5 Å². The van der Waals surface area contributed by atoms with Crippen LogP contribution >= 0.6 is 11.5 Å². The molecule has 0 aliphatic carbocycles. The average Bonchev–Trinajstić information content (AvgIpc) is 3.28. The van der Waals surface area contributed by atoms with E-state index in [1.165, 1.54) is 4.90 Å². The van der Waals surface area contributed by atoms with Crippen molar-refractivity contribution in [2.24, 2.45) is 11.7 Å². The smallest absolute Gasteiger partial charge is 0.273 e. The zero-order valence-corrected chi connectivity index (χ0v) is 22.3. The van der Waals surface area contributed by atoms with Crippen LogP contribution in [0.3, 0.4) is 0 Å². The van der Waals surface area contributed by atoms with Crippen molar-refractivity contribution in [1.29, 1.82) is 0 Å². The summed E-state index contributed by atoms with van der Waals surface area (Å²) in [5, 5.41) is 2.99. The van der Waals surface area contributed by atoms with Crippen molar-refractivity contribution < 1.29 is 19.1 Å². The summed E-state index contributed by atoms with van der Waals surface area (Å²) in [7, 11) is 1.56. The second-order valence-electron chi connectivity index (χ2n) is 8.94. The fraction of sp³-hybridized carbons (Fsp3) is 0.333. The molecular formula is C27H33N5O4S. The van der Waals surface area contributed by atoms with Crippen LogP contribution in [0.5, 0.6) is 5.75 Å². The minimum absolute atomic E-state index is 0.0354. The number of nitrogens with one attached hydrogen (secondary N) is 1. The summed E-state index contributed by atoms with van der Waals surface area (Å²) in [5.41, 5.74) is 13.3. The topological polar surface area (TPSA) is 141 Å². The van der Waals surface area contributed by atoms with E-state index in [4.69, 9.17) is 16.2 Å². The Morgan fingerprint density at radius 1 is 1.11 bits per heavy atom. The molecule has 9 nitrogen and oxygen atoms in total. The van der Waals surface area contributed by atoms with Gasteiger partial charge in [-0.05, 0) is 59.6 Å². The maximum absolute atomic E-state index is 14.2. The normalized spacial score (nSPS) is 11.7. The first-order chi connectivity index (χ1) is 17.7. The number of primary amides is 1. The highest BCUT2D eigenvalue weighted by atomic mass is 32.1. The number of methoxy groups -OCH3 is 1. The molecule has 10 heteroatoms. The number of hydrogen-bond acceptors (Lipinski definition) is 7. The quantitative estimate of drug-likeness (QED) is 0.348. The highest BCUT2D eigenvalue weighted by molar-refractivity contribution is 7.09. The molecule has 0 spiro atoms. The Bertz CT molecular complexity index is 1260. The second-order valence-corrected chi connectivity index (χ2v) is 9.72. The molecule has 5 N–H and O–H groups in total. The number of ether oxygens (including phenoxy) is 1. The molecule has 196 valence electrons. The summed E-state index contributed by atoms with van der Waals surface area (Å²) < 4.78 is 9.29. The summed E-state index contributed by atoms with van der Waals surface area (Å²) in [6.45, 7) is 6.57. The number of nitrogens with zero attached hydrogens (tertiary/aromatic N) is 2. The van der Waals surface area contributed by atoms with Gasteiger partial charge in [-0.15, -0.1) is 0 Å². The number of amides is 3. The number of aryl methyl sites for hydroxylation is 1. The van der Waals surface area contributed by atoms with Crippen LogP contribution in [-0.4, -0.2) is 35.7 Å². The van der Waals surface area contributed by atoms with Gasteiger partial charge in [0, 0.05) is 12.2 Å². The maximum atomic E-state index is 14.2. The molecule has 3 rings (SSSR count). The van der Waals surface area contributed by atoms with Crippen molar-refractivity contribution >= 4 is 40.6 Å². The van der Waals surface area contributed by atoms with Gasteiger partial charge in [-0.3, -0.25) is 19.3 Å². The van der Waals surface area contributed by atoms with Gasteiger partial charge in [0.15, 0.2) is 5.69 Å². The Kier molecular flexibility index (Phi) is 9.24. The van der Waals surface area contributed by atoms with Crippen LogP contribution in [-0.2, 0) is 11.2 Å². The van der Waals surface area contributed by atoms with E-state index in [2.05, 4.69) is 23.5 Å². The fourth-order valence-corrected chi connectivity index (χ4v) is 4.68. The summed E-state index contributed by atoms with van der Waals surface area (Å²) in [6, 6.07) is 13.3. The molecule has 1 heterocycles. The van der Waals surface area contributed by atoms with Gasteiger partial charge in [-0.2, -0.15) is 4.37 Å². The van der Waals surface area contributed by atoms with E-state index in [1.54, 1.807) is 43.5 Å². The summed E-state index contributed by atoms with van der Waals surface area (Å²) >= 11 is 0.782. The van der Waals surface area contributed by atoms with Crippen LogP contribution in [0.1, 0.15) is 64.5 Å². The summed E-state index contributed by atoms with van der Waals surface area (Å²) in [5.74, 6) is -0.715. The summed E-state index contributed by atoms with van der Waals surface area (Å²) in [4.78, 5) is 41.2. The van der Waals surface area contributed by atoms with Gasteiger partial charge in [0.1, 0.15) is 16.7 Å². The molecule has 0 unspecified atom stereocenters. The molecule has 0 saturated heterocycles. The Morgan fingerprint density at radius 2 is 1.78 bits per heavy atom. The minimum Gasteiger partial charge on any atom is -0.497 e. The number of benzene rings is 2. The molecule has 0 aliphatic heterocycles. The van der Waals surface area contributed by atoms with Gasteiger partial charge >= 0.3 is 0 Å². The Balaban J connectivity index is 2.20. The van der Waals surface area contributed by atoms with E-state index in [1.807, 2.05) is 19.1 Å². The zero-order valence-electron chi connectivity index (χ0n) is 21.5. The van der Waals surface area contributed by atoms with Crippen molar-refractivity contribution in [3.05, 3.63) is 70.2 Å². The average molecular weight is 524 g/mol. The van der Waals surface area contributed by atoms with Crippen molar-refractivity contribution in [3.8, 4) is 5.75 Å². The lowest BCUT2D eigenvalue weighted by Crippen LogP contribution is -2.44. The van der Waals surface area contributed by atoms with Crippen LogP contribution < -0.4 is 26.4 Å².